The molecule has 2 aromatic rings. The molecule has 2 saturated heterocycles. The molecule has 5 heteroatoms. The second-order valence-electron chi connectivity index (χ2n) is 8.69. The normalized spacial score (nSPS) is 24.2. The molecule has 3 heterocycles. The van der Waals surface area contributed by atoms with Crippen molar-refractivity contribution in [2.75, 3.05) is 38.2 Å². The average molecular weight is 384 g/mol. The van der Waals surface area contributed by atoms with Gasteiger partial charge in [0.05, 0.1) is 11.8 Å². The number of methoxy groups -OCH3 is 1. The summed E-state index contributed by atoms with van der Waals surface area (Å²) < 4.78 is 11.3. The maximum atomic E-state index is 5.83. The zero-order valence-corrected chi connectivity index (χ0v) is 17.6. The molecule has 5 nitrogen and oxygen atoms in total. The summed E-state index contributed by atoms with van der Waals surface area (Å²) in [5, 5.41) is 4.03. The van der Waals surface area contributed by atoms with Crippen LogP contribution in [0.15, 0.2) is 28.8 Å². The number of piperidine rings is 1. The molecule has 2 atom stereocenters. The van der Waals surface area contributed by atoms with Crippen LogP contribution < -0.4 is 4.90 Å². The van der Waals surface area contributed by atoms with Gasteiger partial charge in [-0.3, -0.25) is 4.90 Å². The Morgan fingerprint density at radius 2 is 1.75 bits per heavy atom. The third kappa shape index (κ3) is 4.26. The Kier molecular flexibility index (Phi) is 5.74. The number of hydrogen-bond donors (Lipinski definition) is 0. The Morgan fingerprint density at radius 3 is 2.36 bits per heavy atom. The van der Waals surface area contributed by atoms with Crippen molar-refractivity contribution in [3.8, 4) is 0 Å². The molecule has 0 saturated carbocycles. The Morgan fingerprint density at radius 1 is 1.04 bits per heavy atom. The summed E-state index contributed by atoms with van der Waals surface area (Å²) in [5.74, 6) is 1.46. The average Bonchev–Trinajstić information content (AvgIpc) is 3.27. The number of rotatable bonds is 5. The van der Waals surface area contributed by atoms with E-state index in [1.807, 2.05) is 14.0 Å². The van der Waals surface area contributed by atoms with Crippen molar-refractivity contribution in [3.05, 3.63) is 46.8 Å². The van der Waals surface area contributed by atoms with Gasteiger partial charge >= 0.3 is 0 Å². The quantitative estimate of drug-likeness (QED) is 0.786. The van der Waals surface area contributed by atoms with Gasteiger partial charge in [0, 0.05) is 63.4 Å². The van der Waals surface area contributed by atoms with Gasteiger partial charge in [-0.2, -0.15) is 0 Å². The molecule has 2 aliphatic rings. The second kappa shape index (κ2) is 8.26. The van der Waals surface area contributed by atoms with Gasteiger partial charge in [0.15, 0.2) is 0 Å². The van der Waals surface area contributed by atoms with E-state index in [0.29, 0.717) is 12.0 Å². The van der Waals surface area contributed by atoms with Crippen molar-refractivity contribution >= 4 is 5.69 Å². The Bertz CT molecular complexity index is 775. The lowest BCUT2D eigenvalue weighted by Gasteiger charge is -2.38. The van der Waals surface area contributed by atoms with Crippen LogP contribution in [0, 0.1) is 26.7 Å². The first-order chi connectivity index (χ1) is 13.5. The molecule has 2 aliphatic heterocycles. The molecule has 0 bridgehead atoms. The molecule has 0 unspecified atom stereocenters. The molecule has 28 heavy (non-hydrogen) atoms. The fraction of sp³-hybridized carbons (Fsp3) is 0.609. The minimum atomic E-state index is 0.280. The highest BCUT2D eigenvalue weighted by Gasteiger charge is 2.37. The lowest BCUT2D eigenvalue weighted by molar-refractivity contribution is 0.0728. The van der Waals surface area contributed by atoms with E-state index in [0.717, 1.165) is 44.1 Å². The fourth-order valence-electron chi connectivity index (χ4n) is 5.03. The summed E-state index contributed by atoms with van der Waals surface area (Å²) in [6.07, 6.45) is 3.63. The monoisotopic (exact) mass is 383 g/mol. The van der Waals surface area contributed by atoms with Gasteiger partial charge in [0.25, 0.3) is 0 Å². The largest absolute Gasteiger partial charge is 0.380 e. The summed E-state index contributed by atoms with van der Waals surface area (Å²) in [5.41, 5.74) is 5.04. The molecule has 1 aromatic heterocycles. The Labute approximate surface area is 168 Å². The molecule has 0 spiro atoms. The van der Waals surface area contributed by atoms with E-state index >= 15 is 0 Å². The van der Waals surface area contributed by atoms with E-state index in [-0.39, 0.29) is 6.10 Å². The third-order valence-electron chi connectivity index (χ3n) is 6.40. The highest BCUT2D eigenvalue weighted by molar-refractivity contribution is 5.51. The summed E-state index contributed by atoms with van der Waals surface area (Å²) in [6, 6.07) is 9.60. The van der Waals surface area contributed by atoms with Crippen molar-refractivity contribution in [3.63, 3.8) is 0 Å². The molecular weight excluding hydrogens is 350 g/mol. The molecule has 2 fully saturated rings. The van der Waals surface area contributed by atoms with E-state index in [1.54, 1.807) is 0 Å². The first kappa shape index (κ1) is 19.5. The smallest absolute Gasteiger partial charge is 0.137 e. The van der Waals surface area contributed by atoms with Gasteiger partial charge in [-0.1, -0.05) is 11.2 Å². The van der Waals surface area contributed by atoms with E-state index in [9.17, 15) is 0 Å². The van der Waals surface area contributed by atoms with Crippen molar-refractivity contribution in [2.45, 2.75) is 52.2 Å². The van der Waals surface area contributed by atoms with Crippen LogP contribution in [-0.2, 0) is 11.2 Å². The molecule has 1 aromatic carbocycles. The number of nitrogens with zero attached hydrogens (tertiary/aromatic N) is 3. The van der Waals surface area contributed by atoms with Crippen molar-refractivity contribution < 1.29 is 9.26 Å². The summed E-state index contributed by atoms with van der Waals surface area (Å²) in [6.45, 7) is 10.7. The van der Waals surface area contributed by atoms with Crippen LogP contribution >= 0.6 is 0 Å². The second-order valence-corrected chi connectivity index (χ2v) is 8.69. The molecule has 0 aliphatic carbocycles. The van der Waals surface area contributed by atoms with E-state index in [2.05, 4.69) is 53.1 Å². The molecule has 4 rings (SSSR count). The van der Waals surface area contributed by atoms with Crippen LogP contribution in [0.4, 0.5) is 5.69 Å². The SMILES string of the molecule is CO[C@H]1CN(C2CCN(c3cc(C)cc(C)c3)CC2)C[C@H]1Cc1cc(C)no1. The van der Waals surface area contributed by atoms with Gasteiger partial charge < -0.3 is 14.2 Å². The van der Waals surface area contributed by atoms with Crippen LogP contribution in [0.3, 0.4) is 0 Å². The predicted molar refractivity (Wildman–Crippen MR) is 112 cm³/mol. The number of anilines is 1. The summed E-state index contributed by atoms with van der Waals surface area (Å²) >= 11 is 0. The van der Waals surface area contributed by atoms with Crippen LogP contribution in [0.25, 0.3) is 0 Å². The first-order valence-corrected chi connectivity index (χ1v) is 10.5. The van der Waals surface area contributed by atoms with Crippen molar-refractivity contribution in [2.24, 2.45) is 5.92 Å². The van der Waals surface area contributed by atoms with Gasteiger partial charge in [-0.15, -0.1) is 0 Å². The lowest BCUT2D eigenvalue weighted by Crippen LogP contribution is -2.44. The third-order valence-corrected chi connectivity index (χ3v) is 6.40. The molecular formula is C23H33N3O2. The van der Waals surface area contributed by atoms with Crippen LogP contribution in [0.1, 0.15) is 35.4 Å². The minimum absolute atomic E-state index is 0.280. The highest BCUT2D eigenvalue weighted by atomic mass is 16.5. The lowest BCUT2D eigenvalue weighted by atomic mass is 10.00. The minimum Gasteiger partial charge on any atom is -0.380 e. The van der Waals surface area contributed by atoms with Gasteiger partial charge in [0.1, 0.15) is 5.76 Å². The molecule has 0 radical (unpaired) electrons. The van der Waals surface area contributed by atoms with Gasteiger partial charge in [-0.25, -0.2) is 0 Å². The molecule has 0 amide bonds. The first-order valence-electron chi connectivity index (χ1n) is 10.5. The highest BCUT2D eigenvalue weighted by Crippen LogP contribution is 2.30. The topological polar surface area (TPSA) is 41.7 Å². The maximum Gasteiger partial charge on any atom is 0.137 e. The number of likely N-dealkylation sites (tertiary alicyclic amines) is 1. The maximum absolute atomic E-state index is 5.83. The Hall–Kier alpha value is -1.85. The van der Waals surface area contributed by atoms with Gasteiger partial charge in [0.2, 0.25) is 0 Å². The fourth-order valence-corrected chi connectivity index (χ4v) is 5.03. The van der Waals surface area contributed by atoms with Crippen LogP contribution in [-0.4, -0.2) is 55.5 Å². The Balaban J connectivity index is 1.35. The zero-order chi connectivity index (χ0) is 19.7. The number of aromatic nitrogens is 1. The number of ether oxygens (including phenoxy) is 1. The standard InChI is InChI=1S/C23H33N3O2/c1-16-9-17(2)11-21(10-16)25-7-5-20(6-8-25)26-14-19(23(15-26)27-4)13-22-12-18(3)24-28-22/h9-12,19-20,23H,5-8,13-15H2,1-4H3/t19-,23+/m1/s1. The number of benzene rings is 1. The van der Waals surface area contributed by atoms with Crippen molar-refractivity contribution in [1.82, 2.24) is 10.1 Å². The van der Waals surface area contributed by atoms with Crippen LogP contribution in [0.5, 0.6) is 0 Å². The summed E-state index contributed by atoms with van der Waals surface area (Å²) in [7, 11) is 1.84. The molecule has 0 N–H and O–H groups in total. The zero-order valence-electron chi connectivity index (χ0n) is 17.6. The predicted octanol–water partition coefficient (Wildman–Crippen LogP) is 3.76. The van der Waals surface area contributed by atoms with Crippen LogP contribution in [0.2, 0.25) is 0 Å². The molecule has 152 valence electrons. The summed E-state index contributed by atoms with van der Waals surface area (Å²) in [4.78, 5) is 5.20. The number of hydrogen-bond acceptors (Lipinski definition) is 5. The van der Waals surface area contributed by atoms with E-state index < -0.39 is 0 Å². The number of aryl methyl sites for hydroxylation is 3. The van der Waals surface area contributed by atoms with E-state index in [1.165, 1.54) is 29.7 Å². The van der Waals surface area contributed by atoms with E-state index in [4.69, 9.17) is 9.26 Å². The van der Waals surface area contributed by atoms with Gasteiger partial charge in [-0.05, 0) is 56.9 Å². The van der Waals surface area contributed by atoms with Crippen molar-refractivity contribution in [1.29, 1.82) is 0 Å².